The second-order valence-electron chi connectivity index (χ2n) is 12.7. The number of hydrogen-bond acceptors (Lipinski definition) is 3. The lowest BCUT2D eigenvalue weighted by atomic mass is 9.47. The molecule has 4 aliphatic rings. The lowest BCUT2D eigenvalue weighted by Crippen LogP contribution is -2.52. The van der Waals surface area contributed by atoms with Gasteiger partial charge in [0.25, 0.3) is 0 Å². The normalized spacial score (nSPS) is 39.1. The molecule has 0 heterocycles. The quantitative estimate of drug-likeness (QED) is 0.491. The highest BCUT2D eigenvalue weighted by Gasteiger charge is 2.59. The van der Waals surface area contributed by atoms with Gasteiger partial charge in [0, 0.05) is 12.0 Å². The molecule has 3 nitrogen and oxygen atoms in total. The van der Waals surface area contributed by atoms with Gasteiger partial charge < -0.3 is 9.84 Å². The van der Waals surface area contributed by atoms with Crippen molar-refractivity contribution in [2.45, 2.75) is 79.2 Å². The monoisotopic (exact) mass is 462 g/mol. The molecule has 0 aromatic heterocycles. The molecule has 2 unspecified atom stereocenters. The largest absolute Gasteiger partial charge is 0.458 e. The van der Waals surface area contributed by atoms with E-state index in [0.29, 0.717) is 41.3 Å². The molecule has 3 heteroatoms. The molecule has 1 aromatic carbocycles. The number of aliphatic hydroxyl groups excluding tert-OH is 1. The molecule has 0 spiro atoms. The predicted molar refractivity (Wildman–Crippen MR) is 136 cm³/mol. The van der Waals surface area contributed by atoms with E-state index < -0.39 is 0 Å². The van der Waals surface area contributed by atoms with Gasteiger partial charge in [0.15, 0.2) is 0 Å². The molecule has 1 N–H and O–H groups in total. The van der Waals surface area contributed by atoms with Crippen LogP contribution in [0.3, 0.4) is 0 Å². The molecule has 1 aromatic rings. The Morgan fingerprint density at radius 1 is 1.00 bits per heavy atom. The first-order valence-corrected chi connectivity index (χ1v) is 13.4. The Kier molecular flexibility index (Phi) is 5.87. The maximum Gasteiger partial charge on any atom is 0.338 e. The van der Waals surface area contributed by atoms with Crippen molar-refractivity contribution in [3.63, 3.8) is 0 Å². The number of benzene rings is 1. The van der Waals surface area contributed by atoms with Crippen molar-refractivity contribution in [1.29, 1.82) is 0 Å². The standard InChI is InChI=1S/C31H42O3/c1-20(19-32)23-12-13-24-22-11-14-26-29(2,3)27(34-28(33)21-9-7-6-8-10-21)16-18-31(26,5)25(22)15-17-30(23,24)4/h6-11,14,20,23-25,27,32H,12-13,15-19H2,1-5H3/t20-,23-,24?,25?,27+,30-,31-/m1/s1. The Morgan fingerprint density at radius 3 is 2.44 bits per heavy atom. The van der Waals surface area contributed by atoms with Gasteiger partial charge in [-0.05, 0) is 85.2 Å². The predicted octanol–water partition coefficient (Wildman–Crippen LogP) is 6.98. The van der Waals surface area contributed by atoms with Gasteiger partial charge in [-0.15, -0.1) is 0 Å². The summed E-state index contributed by atoms with van der Waals surface area (Å²) in [6.07, 6.45) is 11.7. The molecule has 0 radical (unpaired) electrons. The van der Waals surface area contributed by atoms with Crippen molar-refractivity contribution in [3.8, 4) is 0 Å². The first-order chi connectivity index (χ1) is 16.1. The maximum absolute atomic E-state index is 12.9. The van der Waals surface area contributed by atoms with E-state index in [9.17, 15) is 9.90 Å². The van der Waals surface area contributed by atoms with Crippen LogP contribution < -0.4 is 0 Å². The van der Waals surface area contributed by atoms with Gasteiger partial charge in [-0.3, -0.25) is 0 Å². The molecule has 184 valence electrons. The van der Waals surface area contributed by atoms with Crippen molar-refractivity contribution >= 4 is 5.97 Å². The fraction of sp³-hybridized carbons (Fsp3) is 0.645. The number of fused-ring (bicyclic) bond motifs is 5. The van der Waals surface area contributed by atoms with Crippen LogP contribution in [0, 0.1) is 39.9 Å². The van der Waals surface area contributed by atoms with E-state index >= 15 is 0 Å². The van der Waals surface area contributed by atoms with Gasteiger partial charge in [-0.1, -0.05) is 76.1 Å². The number of allylic oxidation sites excluding steroid dienone is 3. The zero-order valence-electron chi connectivity index (χ0n) is 21.6. The van der Waals surface area contributed by atoms with Crippen LogP contribution in [-0.4, -0.2) is 23.8 Å². The maximum atomic E-state index is 12.9. The Balaban J connectivity index is 1.43. The van der Waals surface area contributed by atoms with Crippen molar-refractivity contribution in [3.05, 3.63) is 59.2 Å². The highest BCUT2D eigenvalue weighted by atomic mass is 16.5. The van der Waals surface area contributed by atoms with Crippen LogP contribution in [-0.2, 0) is 4.74 Å². The van der Waals surface area contributed by atoms with E-state index in [-0.39, 0.29) is 22.9 Å². The van der Waals surface area contributed by atoms with Gasteiger partial charge in [0.1, 0.15) is 6.10 Å². The number of carbonyl (C=O) groups is 1. The van der Waals surface area contributed by atoms with Gasteiger partial charge in [-0.25, -0.2) is 4.79 Å². The van der Waals surface area contributed by atoms with Crippen LogP contribution >= 0.6 is 0 Å². The van der Waals surface area contributed by atoms with Gasteiger partial charge >= 0.3 is 5.97 Å². The summed E-state index contributed by atoms with van der Waals surface area (Å²) in [6.45, 7) is 12.1. The first-order valence-electron chi connectivity index (χ1n) is 13.4. The van der Waals surface area contributed by atoms with E-state index in [4.69, 9.17) is 4.74 Å². The molecular weight excluding hydrogens is 420 g/mol. The molecule has 7 atom stereocenters. The van der Waals surface area contributed by atoms with Crippen LogP contribution in [0.1, 0.15) is 83.5 Å². The smallest absolute Gasteiger partial charge is 0.338 e. The summed E-state index contributed by atoms with van der Waals surface area (Å²) in [5.41, 5.74) is 4.01. The topological polar surface area (TPSA) is 46.5 Å². The Bertz CT molecular complexity index is 1000. The van der Waals surface area contributed by atoms with E-state index in [1.807, 2.05) is 30.3 Å². The summed E-state index contributed by atoms with van der Waals surface area (Å²) >= 11 is 0. The fourth-order valence-electron chi connectivity index (χ4n) is 8.78. The van der Waals surface area contributed by atoms with Gasteiger partial charge in [0.05, 0.1) is 5.56 Å². The zero-order valence-corrected chi connectivity index (χ0v) is 21.6. The minimum absolute atomic E-state index is 0.107. The van der Waals surface area contributed by atoms with E-state index in [1.165, 1.54) is 31.3 Å². The Labute approximate surface area is 205 Å². The third-order valence-electron chi connectivity index (χ3n) is 10.7. The second kappa shape index (κ2) is 8.36. The van der Waals surface area contributed by atoms with E-state index in [0.717, 1.165) is 12.8 Å². The van der Waals surface area contributed by atoms with Crippen molar-refractivity contribution in [2.75, 3.05) is 6.61 Å². The highest BCUT2D eigenvalue weighted by molar-refractivity contribution is 5.89. The fourth-order valence-corrected chi connectivity index (χ4v) is 8.78. The molecule has 0 aliphatic heterocycles. The minimum atomic E-state index is -0.210. The molecule has 34 heavy (non-hydrogen) atoms. The summed E-state index contributed by atoms with van der Waals surface area (Å²) in [6, 6.07) is 9.38. The third-order valence-corrected chi connectivity index (χ3v) is 10.7. The van der Waals surface area contributed by atoms with Crippen LogP contribution in [0.25, 0.3) is 0 Å². The summed E-state index contributed by atoms with van der Waals surface area (Å²) in [5.74, 6) is 2.01. The minimum Gasteiger partial charge on any atom is -0.458 e. The number of esters is 1. The Hall–Kier alpha value is -1.87. The zero-order chi connectivity index (χ0) is 24.3. The number of rotatable bonds is 4. The van der Waals surface area contributed by atoms with Gasteiger partial charge in [-0.2, -0.15) is 0 Å². The van der Waals surface area contributed by atoms with Crippen molar-refractivity contribution < 1.29 is 14.6 Å². The van der Waals surface area contributed by atoms with E-state index in [2.05, 4.69) is 46.8 Å². The molecule has 0 saturated heterocycles. The van der Waals surface area contributed by atoms with Crippen molar-refractivity contribution in [1.82, 2.24) is 0 Å². The molecule has 5 rings (SSSR count). The highest BCUT2D eigenvalue weighted by Crippen LogP contribution is 2.67. The molecular formula is C31H42O3. The molecule has 3 saturated carbocycles. The summed E-state index contributed by atoms with van der Waals surface area (Å²) in [4.78, 5) is 12.9. The summed E-state index contributed by atoms with van der Waals surface area (Å²) in [7, 11) is 0. The number of carbonyl (C=O) groups excluding carboxylic acids is 1. The van der Waals surface area contributed by atoms with Crippen molar-refractivity contribution in [2.24, 2.45) is 39.9 Å². The Morgan fingerprint density at radius 2 is 1.74 bits per heavy atom. The average molecular weight is 463 g/mol. The third kappa shape index (κ3) is 3.45. The number of aliphatic hydroxyl groups is 1. The van der Waals surface area contributed by atoms with Crippen LogP contribution in [0.15, 0.2) is 53.6 Å². The second-order valence-corrected chi connectivity index (χ2v) is 12.7. The summed E-state index contributed by atoms with van der Waals surface area (Å²) < 4.78 is 6.14. The SMILES string of the molecule is C[C@H](CO)[C@H]1CCC2C3=CC=C4C(C)(C)[C@@H](OC(=O)c5ccccc5)CC[C@]4(C)C3CC[C@@]21C. The molecule has 3 fully saturated rings. The van der Waals surface area contributed by atoms with Crippen LogP contribution in [0.4, 0.5) is 0 Å². The molecule has 0 bridgehead atoms. The lowest BCUT2D eigenvalue weighted by Gasteiger charge is -2.58. The lowest BCUT2D eigenvalue weighted by molar-refractivity contribution is -0.0398. The summed E-state index contributed by atoms with van der Waals surface area (Å²) in [5, 5.41) is 9.89. The average Bonchev–Trinajstić information content (AvgIpc) is 3.18. The van der Waals surface area contributed by atoms with Crippen LogP contribution in [0.2, 0.25) is 0 Å². The van der Waals surface area contributed by atoms with E-state index in [1.54, 1.807) is 5.57 Å². The molecule has 4 aliphatic carbocycles. The van der Waals surface area contributed by atoms with Gasteiger partial charge in [0.2, 0.25) is 0 Å². The first kappa shape index (κ1) is 23.9. The molecule has 0 amide bonds. The number of ether oxygens (including phenoxy) is 1. The number of hydrogen-bond donors (Lipinski definition) is 1. The van der Waals surface area contributed by atoms with Crippen LogP contribution in [0.5, 0.6) is 0 Å².